The highest BCUT2D eigenvalue weighted by Gasteiger charge is 2.06. The van der Waals surface area contributed by atoms with E-state index in [0.717, 1.165) is 12.8 Å². The van der Waals surface area contributed by atoms with E-state index in [1.54, 1.807) is 0 Å². The van der Waals surface area contributed by atoms with Gasteiger partial charge in [0.2, 0.25) is 0 Å². The van der Waals surface area contributed by atoms with Gasteiger partial charge in [-0.15, -0.1) is 0 Å². The Hall–Kier alpha value is -1.96. The molecule has 0 saturated carbocycles. The lowest BCUT2D eigenvalue weighted by Gasteiger charge is -2.03. The number of rotatable bonds is 8. The molecule has 2 rings (SSSR count). The van der Waals surface area contributed by atoms with Gasteiger partial charge in [0.25, 0.3) is 0 Å². The van der Waals surface area contributed by atoms with Gasteiger partial charge >= 0.3 is 0 Å². The Labute approximate surface area is 131 Å². The molecule has 116 valence electrons. The van der Waals surface area contributed by atoms with Crippen LogP contribution >= 0.6 is 0 Å². The minimum Gasteiger partial charge on any atom is -0.209 e. The van der Waals surface area contributed by atoms with E-state index in [2.05, 4.69) is 0 Å². The molecule has 2 heteroatoms. The summed E-state index contributed by atoms with van der Waals surface area (Å²) in [6.45, 7) is 0. The molecule has 0 nitrogen and oxygen atoms in total. The first kappa shape index (κ1) is 16.4. The summed E-state index contributed by atoms with van der Waals surface area (Å²) in [5.74, 6) is -1.16. The van der Waals surface area contributed by atoms with E-state index in [1.165, 1.54) is 11.1 Å². The van der Waals surface area contributed by atoms with Gasteiger partial charge in [-0.25, -0.2) is 8.78 Å². The molecule has 0 spiro atoms. The molecule has 0 aliphatic carbocycles. The van der Waals surface area contributed by atoms with Crippen molar-refractivity contribution in [3.05, 3.63) is 83.4 Å². The first-order valence-electron chi connectivity index (χ1n) is 7.86. The summed E-state index contributed by atoms with van der Waals surface area (Å²) < 4.78 is 27.5. The van der Waals surface area contributed by atoms with E-state index in [-0.39, 0.29) is 12.8 Å². The largest absolute Gasteiger partial charge is 0.209 e. The predicted octanol–water partition coefficient (Wildman–Crippen LogP) is 6.18. The molecule has 0 fully saturated rings. The van der Waals surface area contributed by atoms with Crippen molar-refractivity contribution in [2.75, 3.05) is 0 Å². The summed E-state index contributed by atoms with van der Waals surface area (Å²) in [5.41, 5.74) is 2.33. The topological polar surface area (TPSA) is 0 Å². The molecule has 0 aliphatic heterocycles. The molecule has 2 aromatic carbocycles. The lowest BCUT2D eigenvalue weighted by Crippen LogP contribution is -1.90. The van der Waals surface area contributed by atoms with E-state index in [0.29, 0.717) is 12.8 Å². The Morgan fingerprint density at radius 2 is 0.955 bits per heavy atom. The van der Waals surface area contributed by atoms with Crippen LogP contribution in [0.5, 0.6) is 0 Å². The van der Waals surface area contributed by atoms with Crippen molar-refractivity contribution in [3.8, 4) is 0 Å². The molecule has 0 saturated heterocycles. The monoisotopic (exact) mass is 300 g/mol. The van der Waals surface area contributed by atoms with Crippen molar-refractivity contribution in [2.24, 2.45) is 0 Å². The first-order chi connectivity index (χ1) is 10.8. The van der Waals surface area contributed by atoms with E-state index < -0.39 is 11.7 Å². The van der Waals surface area contributed by atoms with Crippen LogP contribution in [-0.4, -0.2) is 0 Å². The summed E-state index contributed by atoms with van der Waals surface area (Å²) in [6, 6.07) is 19.8. The number of halogens is 2. The van der Waals surface area contributed by atoms with Gasteiger partial charge in [0.15, 0.2) is 0 Å². The van der Waals surface area contributed by atoms with Crippen molar-refractivity contribution < 1.29 is 8.78 Å². The molecule has 0 N–H and O–H groups in total. The number of allylic oxidation sites excluding steroid dienone is 2. The maximum Gasteiger partial charge on any atom is 0.131 e. The SMILES string of the molecule is FC(CCCc1ccccc1)=C(F)CCCc1ccccc1. The van der Waals surface area contributed by atoms with Crippen LogP contribution in [0.2, 0.25) is 0 Å². The molecule has 2 aromatic rings. The second kappa shape index (κ2) is 9.14. The second-order valence-electron chi connectivity index (χ2n) is 5.49. The third kappa shape index (κ3) is 5.80. The molecule has 0 radical (unpaired) electrons. The van der Waals surface area contributed by atoms with Crippen molar-refractivity contribution in [2.45, 2.75) is 38.5 Å². The highest BCUT2D eigenvalue weighted by atomic mass is 19.2. The maximum atomic E-state index is 13.7. The fraction of sp³-hybridized carbons (Fsp3) is 0.300. The Kier molecular flexibility index (Phi) is 6.82. The molecular formula is C20H22F2. The summed E-state index contributed by atoms with van der Waals surface area (Å²) in [4.78, 5) is 0. The lowest BCUT2D eigenvalue weighted by molar-refractivity contribution is 0.474. The van der Waals surface area contributed by atoms with Gasteiger partial charge in [-0.2, -0.15) is 0 Å². The van der Waals surface area contributed by atoms with E-state index in [9.17, 15) is 8.78 Å². The minimum absolute atomic E-state index is 0.187. The van der Waals surface area contributed by atoms with Crippen molar-refractivity contribution in [1.82, 2.24) is 0 Å². The van der Waals surface area contributed by atoms with E-state index >= 15 is 0 Å². The summed E-state index contributed by atoms with van der Waals surface area (Å²) in [7, 11) is 0. The Bertz CT molecular complexity index is 520. The normalized spacial score (nSPS) is 12.1. The number of hydrogen-bond acceptors (Lipinski definition) is 0. The third-order valence-corrected chi connectivity index (χ3v) is 3.70. The quantitative estimate of drug-likeness (QED) is 0.546. The van der Waals surface area contributed by atoms with Crippen LogP contribution in [0.25, 0.3) is 0 Å². The van der Waals surface area contributed by atoms with Crippen molar-refractivity contribution >= 4 is 0 Å². The van der Waals surface area contributed by atoms with Crippen LogP contribution in [0.1, 0.15) is 36.8 Å². The van der Waals surface area contributed by atoms with Crippen molar-refractivity contribution in [1.29, 1.82) is 0 Å². The van der Waals surface area contributed by atoms with Gasteiger partial charge < -0.3 is 0 Å². The van der Waals surface area contributed by atoms with Crippen LogP contribution in [0, 0.1) is 0 Å². The van der Waals surface area contributed by atoms with Gasteiger partial charge in [-0.1, -0.05) is 60.7 Å². The molecule has 0 bridgehead atoms. The van der Waals surface area contributed by atoms with Crippen LogP contribution in [0.4, 0.5) is 8.78 Å². The van der Waals surface area contributed by atoms with Crippen LogP contribution in [0.3, 0.4) is 0 Å². The highest BCUT2D eigenvalue weighted by Crippen LogP contribution is 2.20. The lowest BCUT2D eigenvalue weighted by atomic mass is 10.1. The molecule has 0 unspecified atom stereocenters. The second-order valence-corrected chi connectivity index (χ2v) is 5.49. The number of benzene rings is 2. The molecule has 22 heavy (non-hydrogen) atoms. The molecule has 0 amide bonds. The molecule has 0 aromatic heterocycles. The first-order valence-corrected chi connectivity index (χ1v) is 7.86. The van der Waals surface area contributed by atoms with Gasteiger partial charge in [-0.05, 0) is 36.8 Å². The Morgan fingerprint density at radius 3 is 1.32 bits per heavy atom. The van der Waals surface area contributed by atoms with Crippen LogP contribution < -0.4 is 0 Å². The summed E-state index contributed by atoms with van der Waals surface area (Å²) >= 11 is 0. The zero-order valence-electron chi connectivity index (χ0n) is 12.8. The zero-order valence-corrected chi connectivity index (χ0v) is 12.8. The van der Waals surface area contributed by atoms with Crippen LogP contribution in [0.15, 0.2) is 72.3 Å². The fourth-order valence-electron chi connectivity index (χ4n) is 2.46. The summed E-state index contributed by atoms with van der Waals surface area (Å²) in [5, 5.41) is 0. The maximum absolute atomic E-state index is 13.7. The fourth-order valence-corrected chi connectivity index (χ4v) is 2.46. The van der Waals surface area contributed by atoms with E-state index in [1.807, 2.05) is 60.7 Å². The Balaban J connectivity index is 1.70. The Morgan fingerprint density at radius 1 is 0.591 bits per heavy atom. The van der Waals surface area contributed by atoms with E-state index in [4.69, 9.17) is 0 Å². The molecule has 0 aliphatic rings. The van der Waals surface area contributed by atoms with Gasteiger partial charge in [0.1, 0.15) is 11.7 Å². The standard InChI is InChI=1S/C20H22F2/c21-19(15-7-13-17-9-3-1-4-10-17)20(22)16-8-14-18-11-5-2-6-12-18/h1-6,9-12H,7-8,13-16H2. The van der Waals surface area contributed by atoms with Crippen LogP contribution in [-0.2, 0) is 12.8 Å². The minimum atomic E-state index is -0.580. The molecule has 0 atom stereocenters. The third-order valence-electron chi connectivity index (χ3n) is 3.70. The average Bonchev–Trinajstić information content (AvgIpc) is 2.56. The van der Waals surface area contributed by atoms with Gasteiger partial charge in [0.05, 0.1) is 0 Å². The van der Waals surface area contributed by atoms with Crippen molar-refractivity contribution in [3.63, 3.8) is 0 Å². The van der Waals surface area contributed by atoms with Gasteiger partial charge in [-0.3, -0.25) is 0 Å². The number of hydrogen-bond donors (Lipinski definition) is 0. The molecule has 0 heterocycles. The highest BCUT2D eigenvalue weighted by molar-refractivity contribution is 5.16. The predicted molar refractivity (Wildman–Crippen MR) is 88.0 cm³/mol. The average molecular weight is 300 g/mol. The zero-order chi connectivity index (χ0) is 15.6. The molecular weight excluding hydrogens is 278 g/mol. The number of aryl methyl sites for hydroxylation is 2. The smallest absolute Gasteiger partial charge is 0.131 e. The summed E-state index contributed by atoms with van der Waals surface area (Å²) in [6.07, 6.45) is 3.22. The van der Waals surface area contributed by atoms with Gasteiger partial charge in [0, 0.05) is 12.8 Å².